The first-order chi connectivity index (χ1) is 12.2. The van der Waals surface area contributed by atoms with Crippen LogP contribution in [0.25, 0.3) is 0 Å². The van der Waals surface area contributed by atoms with Crippen LogP contribution in [0.1, 0.15) is 16.7 Å². The van der Waals surface area contributed by atoms with Crippen LogP contribution in [0.4, 0.5) is 0 Å². The van der Waals surface area contributed by atoms with Gasteiger partial charge in [0.25, 0.3) is 0 Å². The van der Waals surface area contributed by atoms with Gasteiger partial charge in [0.2, 0.25) is 0 Å². The van der Waals surface area contributed by atoms with Crippen LogP contribution in [0, 0.1) is 6.92 Å². The van der Waals surface area contributed by atoms with Crippen LogP contribution >= 0.6 is 12.2 Å². The highest BCUT2D eigenvalue weighted by Crippen LogP contribution is 2.05. The molecule has 25 heavy (non-hydrogen) atoms. The second-order valence-corrected chi connectivity index (χ2v) is 7.19. The number of nitrogens with zero attached hydrogens (tertiary/aromatic N) is 1. The molecule has 0 radical (unpaired) electrons. The highest BCUT2D eigenvalue weighted by atomic mass is 32.1. The Hall–Kier alpha value is -1.91. The Labute approximate surface area is 156 Å². The number of nitrogens with one attached hydrogen (secondary N) is 2. The lowest BCUT2D eigenvalue weighted by molar-refractivity contribution is -0.917. The first kappa shape index (κ1) is 17.9. The minimum absolute atomic E-state index is 0.902. The standard InChI is InChI=1S/C21H27N3S/c1-18-7-5-6-10-20(18)17-23-13-15-24(16-14-23)21(25)22-12-11-19-8-3-2-4-9-19/h2-10H,11-17H2,1H3,(H,22,25)/p+1. The van der Waals surface area contributed by atoms with Crippen LogP contribution in [-0.2, 0) is 13.0 Å². The van der Waals surface area contributed by atoms with Crippen molar-refractivity contribution in [3.05, 3.63) is 71.3 Å². The topological polar surface area (TPSA) is 19.7 Å². The van der Waals surface area contributed by atoms with Gasteiger partial charge < -0.3 is 15.1 Å². The fourth-order valence-corrected chi connectivity index (χ4v) is 3.64. The average molecular weight is 355 g/mol. The van der Waals surface area contributed by atoms with Crippen molar-refractivity contribution in [3.63, 3.8) is 0 Å². The van der Waals surface area contributed by atoms with Crippen molar-refractivity contribution in [1.29, 1.82) is 0 Å². The molecule has 1 heterocycles. The first-order valence-corrected chi connectivity index (χ1v) is 9.58. The van der Waals surface area contributed by atoms with Crippen molar-refractivity contribution >= 4 is 17.3 Å². The number of quaternary nitrogens is 1. The molecule has 3 rings (SSSR count). The number of piperazine rings is 1. The number of hydrogen-bond donors (Lipinski definition) is 2. The summed E-state index contributed by atoms with van der Waals surface area (Å²) < 4.78 is 0. The lowest BCUT2D eigenvalue weighted by atomic mass is 10.1. The maximum absolute atomic E-state index is 5.58. The molecular weight excluding hydrogens is 326 g/mol. The lowest BCUT2D eigenvalue weighted by Crippen LogP contribution is -3.13. The van der Waals surface area contributed by atoms with Crippen LogP contribution in [-0.4, -0.2) is 42.7 Å². The molecule has 132 valence electrons. The second-order valence-electron chi connectivity index (χ2n) is 6.81. The van der Waals surface area contributed by atoms with Crippen molar-refractivity contribution in [2.45, 2.75) is 19.9 Å². The highest BCUT2D eigenvalue weighted by molar-refractivity contribution is 7.80. The summed E-state index contributed by atoms with van der Waals surface area (Å²) in [6.45, 7) is 8.60. The fourth-order valence-electron chi connectivity index (χ4n) is 3.35. The van der Waals surface area contributed by atoms with Gasteiger partial charge in [-0.05, 0) is 36.7 Å². The summed E-state index contributed by atoms with van der Waals surface area (Å²) >= 11 is 5.58. The largest absolute Gasteiger partial charge is 0.362 e. The Kier molecular flexibility index (Phi) is 6.42. The van der Waals surface area contributed by atoms with Crippen LogP contribution in [0.15, 0.2) is 54.6 Å². The summed E-state index contributed by atoms with van der Waals surface area (Å²) in [5, 5.41) is 4.33. The van der Waals surface area contributed by atoms with Crippen LogP contribution in [0.2, 0.25) is 0 Å². The van der Waals surface area contributed by atoms with Gasteiger partial charge in [0.1, 0.15) is 6.54 Å². The average Bonchev–Trinajstić information content (AvgIpc) is 2.65. The Morgan fingerprint density at radius 2 is 1.72 bits per heavy atom. The molecule has 0 spiro atoms. The van der Waals surface area contributed by atoms with Gasteiger partial charge in [0.05, 0.1) is 26.2 Å². The summed E-state index contributed by atoms with van der Waals surface area (Å²) in [5.41, 5.74) is 4.22. The number of aryl methyl sites for hydroxylation is 1. The Morgan fingerprint density at radius 3 is 2.44 bits per heavy atom. The number of rotatable bonds is 5. The molecule has 0 atom stereocenters. The van der Waals surface area contributed by atoms with E-state index in [1.54, 1.807) is 4.90 Å². The van der Waals surface area contributed by atoms with Gasteiger partial charge in [0.15, 0.2) is 5.11 Å². The van der Waals surface area contributed by atoms with Crippen molar-refractivity contribution < 1.29 is 4.90 Å². The number of thiocarbonyl (C=S) groups is 1. The smallest absolute Gasteiger partial charge is 0.169 e. The van der Waals surface area contributed by atoms with Gasteiger partial charge in [-0.2, -0.15) is 0 Å². The molecule has 1 saturated heterocycles. The van der Waals surface area contributed by atoms with E-state index < -0.39 is 0 Å². The minimum atomic E-state index is 0.902. The Balaban J connectivity index is 1.39. The summed E-state index contributed by atoms with van der Waals surface area (Å²) in [6, 6.07) is 19.3. The molecule has 0 aliphatic carbocycles. The Bertz CT molecular complexity index is 679. The predicted octanol–water partition coefficient (Wildman–Crippen LogP) is 1.81. The Morgan fingerprint density at radius 1 is 1.04 bits per heavy atom. The van der Waals surface area contributed by atoms with Crippen molar-refractivity contribution in [2.24, 2.45) is 0 Å². The zero-order valence-corrected chi connectivity index (χ0v) is 15.8. The third-order valence-electron chi connectivity index (χ3n) is 4.99. The minimum Gasteiger partial charge on any atom is -0.362 e. The van der Waals surface area contributed by atoms with E-state index in [2.05, 4.69) is 71.7 Å². The van der Waals surface area contributed by atoms with E-state index in [9.17, 15) is 0 Å². The molecule has 0 saturated carbocycles. The van der Waals surface area contributed by atoms with E-state index in [1.807, 2.05) is 0 Å². The third-order valence-corrected chi connectivity index (χ3v) is 5.39. The highest BCUT2D eigenvalue weighted by Gasteiger charge is 2.21. The molecule has 0 amide bonds. The molecule has 1 fully saturated rings. The van der Waals surface area contributed by atoms with E-state index in [4.69, 9.17) is 12.2 Å². The van der Waals surface area contributed by atoms with Gasteiger partial charge in [-0.3, -0.25) is 0 Å². The van der Waals surface area contributed by atoms with Gasteiger partial charge >= 0.3 is 0 Å². The summed E-state index contributed by atoms with van der Waals surface area (Å²) in [7, 11) is 0. The summed E-state index contributed by atoms with van der Waals surface area (Å²) in [6.07, 6.45) is 1.01. The number of benzene rings is 2. The van der Waals surface area contributed by atoms with Crippen molar-refractivity contribution in [2.75, 3.05) is 32.7 Å². The molecule has 4 heteroatoms. The predicted molar refractivity (Wildman–Crippen MR) is 108 cm³/mol. The van der Waals surface area contributed by atoms with Crippen LogP contribution in [0.3, 0.4) is 0 Å². The molecular formula is C21H28N3S+. The normalized spacial score (nSPS) is 15.2. The van der Waals surface area contributed by atoms with Gasteiger partial charge in [-0.15, -0.1) is 0 Å². The molecule has 2 aromatic rings. The van der Waals surface area contributed by atoms with E-state index in [-0.39, 0.29) is 0 Å². The first-order valence-electron chi connectivity index (χ1n) is 9.17. The second kappa shape index (κ2) is 8.97. The quantitative estimate of drug-likeness (QED) is 0.799. The van der Waals surface area contributed by atoms with Crippen LogP contribution in [0.5, 0.6) is 0 Å². The molecule has 2 aromatic carbocycles. The van der Waals surface area contributed by atoms with E-state index in [1.165, 1.54) is 16.7 Å². The van der Waals surface area contributed by atoms with Gasteiger partial charge in [-0.25, -0.2) is 0 Å². The van der Waals surface area contributed by atoms with E-state index in [0.29, 0.717) is 0 Å². The van der Waals surface area contributed by atoms with E-state index >= 15 is 0 Å². The third kappa shape index (κ3) is 5.28. The monoisotopic (exact) mass is 354 g/mol. The molecule has 0 unspecified atom stereocenters. The summed E-state index contributed by atoms with van der Waals surface area (Å²) in [5.74, 6) is 0. The molecule has 2 N–H and O–H groups in total. The van der Waals surface area contributed by atoms with Gasteiger partial charge in [0, 0.05) is 12.1 Å². The molecule has 0 bridgehead atoms. The molecule has 1 aliphatic rings. The molecule has 0 aromatic heterocycles. The molecule has 3 nitrogen and oxygen atoms in total. The summed E-state index contributed by atoms with van der Waals surface area (Å²) in [4.78, 5) is 3.97. The fraction of sp³-hybridized carbons (Fsp3) is 0.381. The SMILES string of the molecule is Cc1ccccc1C[NH+]1CCN(C(=S)NCCc2ccccc2)CC1. The zero-order valence-electron chi connectivity index (χ0n) is 15.0. The van der Waals surface area contributed by atoms with Crippen molar-refractivity contribution in [1.82, 2.24) is 10.2 Å². The maximum atomic E-state index is 5.58. The number of hydrogen-bond acceptors (Lipinski definition) is 1. The van der Waals surface area contributed by atoms with Crippen LogP contribution < -0.4 is 10.2 Å². The molecule has 1 aliphatic heterocycles. The maximum Gasteiger partial charge on any atom is 0.169 e. The van der Waals surface area contributed by atoms with Crippen molar-refractivity contribution in [3.8, 4) is 0 Å². The van der Waals surface area contributed by atoms with E-state index in [0.717, 1.165) is 50.8 Å². The van der Waals surface area contributed by atoms with Gasteiger partial charge in [-0.1, -0.05) is 54.6 Å². The zero-order chi connectivity index (χ0) is 17.5. The lowest BCUT2D eigenvalue weighted by Gasteiger charge is -2.34.